The molecule has 0 aliphatic carbocycles. The summed E-state index contributed by atoms with van der Waals surface area (Å²) in [5, 5.41) is 18.3. The Labute approximate surface area is 105 Å². The molecule has 2 aromatic carbocycles. The van der Waals surface area contributed by atoms with Gasteiger partial charge in [0.15, 0.2) is 0 Å². The van der Waals surface area contributed by atoms with E-state index in [2.05, 4.69) is 10.2 Å². The second-order valence-corrected chi connectivity index (χ2v) is 4.00. The quantitative estimate of drug-likeness (QED) is 0.576. The molecular weight excluding hydrogens is 250 g/mol. The van der Waals surface area contributed by atoms with Gasteiger partial charge in [-0.25, -0.2) is 0 Å². The zero-order valence-corrected chi connectivity index (χ0v) is 9.36. The van der Waals surface area contributed by atoms with Crippen LogP contribution in [-0.2, 0) is 0 Å². The summed E-state index contributed by atoms with van der Waals surface area (Å²) in [6.07, 6.45) is 0. The van der Waals surface area contributed by atoms with Gasteiger partial charge in [0.2, 0.25) is 0 Å². The molecule has 2 amide bonds. The smallest absolute Gasteiger partial charge is 0.265 e. The van der Waals surface area contributed by atoms with Crippen LogP contribution in [0.15, 0.2) is 40.6 Å². The third kappa shape index (κ3) is 1.68. The Hall–Kier alpha value is -2.96. The highest BCUT2D eigenvalue weighted by Gasteiger charge is 2.23. The average Bonchev–Trinajstić information content (AvgIpc) is 2.41. The lowest BCUT2D eigenvalue weighted by Crippen LogP contribution is -2.10. The van der Waals surface area contributed by atoms with Crippen LogP contribution in [0.4, 0.5) is 5.69 Å². The van der Waals surface area contributed by atoms with E-state index >= 15 is 0 Å². The van der Waals surface area contributed by atoms with Crippen LogP contribution < -0.4 is 0 Å². The Morgan fingerprint density at radius 3 is 2.05 bits per heavy atom. The number of hydrogen-bond donors (Lipinski definition) is 0. The van der Waals surface area contributed by atoms with E-state index in [0.29, 0.717) is 10.8 Å². The molecule has 1 aliphatic heterocycles. The summed E-state index contributed by atoms with van der Waals surface area (Å²) in [4.78, 5) is 33.3. The molecule has 0 unspecified atom stereocenters. The molecule has 0 spiro atoms. The Bertz CT molecular complexity index is 795. The molecule has 0 N–H and O–H groups in total. The predicted octanol–water partition coefficient (Wildman–Crippen LogP) is 2.49. The van der Waals surface area contributed by atoms with Gasteiger partial charge in [-0.1, -0.05) is 0 Å². The number of carbonyl (C=O) groups excluding carboxylic acids is 2. The maximum Gasteiger partial charge on any atom is 0.296 e. The van der Waals surface area contributed by atoms with Crippen molar-refractivity contribution in [2.45, 2.75) is 0 Å². The molecule has 1 aliphatic rings. The highest BCUT2D eigenvalue weighted by molar-refractivity contribution is 6.13. The maximum absolute atomic E-state index is 11.5. The molecule has 19 heavy (non-hydrogen) atoms. The number of nitro benzene ring substituents is 1. The first kappa shape index (κ1) is 11.1. The largest absolute Gasteiger partial charge is 0.296 e. The lowest BCUT2D eigenvalue weighted by molar-refractivity contribution is -0.384. The van der Waals surface area contributed by atoms with Gasteiger partial charge in [0, 0.05) is 12.1 Å². The molecular formula is C12H5N3O4. The van der Waals surface area contributed by atoms with E-state index < -0.39 is 16.7 Å². The van der Waals surface area contributed by atoms with Gasteiger partial charge < -0.3 is 0 Å². The van der Waals surface area contributed by atoms with E-state index in [0.717, 1.165) is 0 Å². The van der Waals surface area contributed by atoms with Crippen LogP contribution in [-0.4, -0.2) is 16.7 Å². The van der Waals surface area contributed by atoms with Gasteiger partial charge in [-0.2, -0.15) is 0 Å². The molecule has 7 nitrogen and oxygen atoms in total. The normalized spacial score (nSPS) is 13.7. The third-order valence-electron chi connectivity index (χ3n) is 2.86. The lowest BCUT2D eigenvalue weighted by Gasteiger charge is -2.08. The Kier molecular flexibility index (Phi) is 2.21. The number of nitro groups is 1. The van der Waals surface area contributed by atoms with Crippen molar-refractivity contribution in [3.63, 3.8) is 0 Å². The summed E-state index contributed by atoms with van der Waals surface area (Å²) < 4.78 is 0. The Balaban J connectivity index is 2.31. The highest BCUT2D eigenvalue weighted by Crippen LogP contribution is 2.27. The number of rotatable bonds is 1. The van der Waals surface area contributed by atoms with E-state index in [4.69, 9.17) is 0 Å². The Morgan fingerprint density at radius 2 is 1.47 bits per heavy atom. The first-order valence-electron chi connectivity index (χ1n) is 5.29. The minimum absolute atomic E-state index is 0.0799. The minimum Gasteiger partial charge on any atom is -0.265 e. The molecule has 0 radical (unpaired) electrons. The van der Waals surface area contributed by atoms with Gasteiger partial charge >= 0.3 is 0 Å². The fourth-order valence-electron chi connectivity index (χ4n) is 1.95. The number of hydrogen-bond acceptors (Lipinski definition) is 4. The van der Waals surface area contributed by atoms with E-state index in [1.54, 1.807) is 0 Å². The van der Waals surface area contributed by atoms with E-state index in [-0.39, 0.29) is 16.8 Å². The van der Waals surface area contributed by atoms with Gasteiger partial charge in [0.25, 0.3) is 17.5 Å². The minimum atomic E-state index is -0.622. The molecule has 0 bridgehead atoms. The van der Waals surface area contributed by atoms with E-state index in [1.165, 1.54) is 30.3 Å². The van der Waals surface area contributed by atoms with Crippen molar-refractivity contribution < 1.29 is 14.5 Å². The summed E-state index contributed by atoms with van der Waals surface area (Å²) in [6.45, 7) is 0. The zero-order chi connectivity index (χ0) is 13.6. The van der Waals surface area contributed by atoms with Gasteiger partial charge in [0.1, 0.15) is 0 Å². The molecule has 7 heteroatoms. The van der Waals surface area contributed by atoms with Crippen LogP contribution in [0.1, 0.15) is 20.7 Å². The molecule has 2 aromatic rings. The second kappa shape index (κ2) is 3.77. The fourth-order valence-corrected chi connectivity index (χ4v) is 1.95. The van der Waals surface area contributed by atoms with Crippen molar-refractivity contribution in [2.75, 3.05) is 0 Å². The molecule has 92 valence electrons. The highest BCUT2D eigenvalue weighted by atomic mass is 16.6. The number of fused-ring (bicyclic) bond motifs is 2. The molecule has 0 saturated carbocycles. The molecule has 0 atom stereocenters. The Morgan fingerprint density at radius 1 is 0.895 bits per heavy atom. The summed E-state index contributed by atoms with van der Waals surface area (Å²) in [5.74, 6) is -1.21. The first-order valence-corrected chi connectivity index (χ1v) is 5.29. The van der Waals surface area contributed by atoms with Crippen LogP contribution in [0.3, 0.4) is 0 Å². The number of azo groups is 1. The van der Waals surface area contributed by atoms with Crippen LogP contribution >= 0.6 is 0 Å². The lowest BCUT2D eigenvalue weighted by atomic mass is 9.99. The zero-order valence-electron chi connectivity index (χ0n) is 9.36. The number of carbonyl (C=O) groups is 2. The van der Waals surface area contributed by atoms with Crippen molar-refractivity contribution in [1.29, 1.82) is 0 Å². The molecule has 3 rings (SSSR count). The van der Waals surface area contributed by atoms with E-state index in [1.807, 2.05) is 0 Å². The monoisotopic (exact) mass is 255 g/mol. The summed E-state index contributed by atoms with van der Waals surface area (Å²) in [5.41, 5.74) is 0.206. The average molecular weight is 255 g/mol. The van der Waals surface area contributed by atoms with Gasteiger partial charge in [-0.05, 0) is 29.0 Å². The first-order chi connectivity index (χ1) is 9.06. The van der Waals surface area contributed by atoms with Crippen molar-refractivity contribution >= 4 is 28.3 Å². The fraction of sp³-hybridized carbons (Fsp3) is 0. The standard InChI is InChI=1S/C12H5N3O4/c16-11-9-4-6-1-2-8(15(18)19)3-7(6)5-10(9)12(17)14-13-11/h1-5H. The van der Waals surface area contributed by atoms with Crippen molar-refractivity contribution in [3.8, 4) is 0 Å². The van der Waals surface area contributed by atoms with Crippen molar-refractivity contribution in [1.82, 2.24) is 0 Å². The molecule has 0 aromatic heterocycles. The van der Waals surface area contributed by atoms with E-state index in [9.17, 15) is 19.7 Å². The van der Waals surface area contributed by atoms with Crippen LogP contribution in [0, 0.1) is 10.1 Å². The van der Waals surface area contributed by atoms with Gasteiger partial charge in [-0.3, -0.25) is 19.7 Å². The summed E-state index contributed by atoms with van der Waals surface area (Å²) >= 11 is 0. The number of benzene rings is 2. The van der Waals surface area contributed by atoms with Gasteiger partial charge in [0.05, 0.1) is 16.1 Å². The molecule has 0 fully saturated rings. The third-order valence-corrected chi connectivity index (χ3v) is 2.86. The van der Waals surface area contributed by atoms with Crippen molar-refractivity contribution in [2.24, 2.45) is 10.2 Å². The summed E-state index contributed by atoms with van der Waals surface area (Å²) in [7, 11) is 0. The van der Waals surface area contributed by atoms with Crippen LogP contribution in [0.5, 0.6) is 0 Å². The van der Waals surface area contributed by atoms with Crippen molar-refractivity contribution in [3.05, 3.63) is 51.6 Å². The second-order valence-electron chi connectivity index (χ2n) is 4.00. The predicted molar refractivity (Wildman–Crippen MR) is 64.1 cm³/mol. The SMILES string of the molecule is O=C1N=NC(=O)c2cc3cc([N+](=O)[O-])ccc3cc21. The van der Waals surface area contributed by atoms with Crippen LogP contribution in [0.2, 0.25) is 0 Å². The number of amides is 2. The summed E-state index contributed by atoms with van der Waals surface area (Å²) in [6, 6.07) is 7.13. The molecule has 0 saturated heterocycles. The maximum atomic E-state index is 11.5. The number of non-ortho nitro benzene ring substituents is 1. The number of nitrogens with zero attached hydrogens (tertiary/aromatic N) is 3. The van der Waals surface area contributed by atoms with Crippen LogP contribution in [0.25, 0.3) is 10.8 Å². The topological polar surface area (TPSA) is 102 Å². The molecule has 1 heterocycles. The van der Waals surface area contributed by atoms with Gasteiger partial charge in [-0.15, -0.1) is 10.2 Å².